The van der Waals surface area contributed by atoms with Crippen LogP contribution >= 0.6 is 0 Å². The molecule has 1 saturated heterocycles. The Bertz CT molecular complexity index is 715. The van der Waals surface area contributed by atoms with Crippen LogP contribution in [0.1, 0.15) is 28.8 Å². The van der Waals surface area contributed by atoms with Crippen molar-refractivity contribution < 1.29 is 9.59 Å². The van der Waals surface area contributed by atoms with Gasteiger partial charge in [0, 0.05) is 31.2 Å². The van der Waals surface area contributed by atoms with Crippen LogP contribution in [-0.4, -0.2) is 47.7 Å². The second-order valence-corrected chi connectivity index (χ2v) is 6.64. The van der Waals surface area contributed by atoms with Crippen molar-refractivity contribution in [3.8, 4) is 0 Å². The van der Waals surface area contributed by atoms with E-state index in [1.165, 1.54) is 5.56 Å². The van der Waals surface area contributed by atoms with Crippen molar-refractivity contribution in [3.63, 3.8) is 0 Å². The Morgan fingerprint density at radius 1 is 1.04 bits per heavy atom. The molecule has 4 nitrogen and oxygen atoms in total. The highest BCUT2D eigenvalue weighted by molar-refractivity contribution is 6.42. The number of ketones is 1. The largest absolute Gasteiger partial charge is 0.334 e. The molecule has 1 fully saturated rings. The minimum absolute atomic E-state index is 0.279. The van der Waals surface area contributed by atoms with E-state index in [4.69, 9.17) is 0 Å². The normalized spacial score (nSPS) is 17.5. The van der Waals surface area contributed by atoms with Gasteiger partial charge in [-0.15, -0.1) is 0 Å². The van der Waals surface area contributed by atoms with E-state index in [2.05, 4.69) is 24.1 Å². The van der Waals surface area contributed by atoms with Gasteiger partial charge in [-0.25, -0.2) is 0 Å². The van der Waals surface area contributed by atoms with Crippen molar-refractivity contribution >= 4 is 11.7 Å². The Labute approximate surface area is 149 Å². The summed E-state index contributed by atoms with van der Waals surface area (Å²) in [4.78, 5) is 29.0. The molecule has 130 valence electrons. The van der Waals surface area contributed by atoms with E-state index in [9.17, 15) is 9.59 Å². The highest BCUT2D eigenvalue weighted by Gasteiger charge is 2.30. The number of Topliss-reactive ketones (excluding diaryl/α,β-unsaturated/α-hetero) is 1. The summed E-state index contributed by atoms with van der Waals surface area (Å²) < 4.78 is 0. The fraction of sp³-hybridized carbons (Fsp3) is 0.333. The Hall–Kier alpha value is -2.46. The van der Waals surface area contributed by atoms with Crippen molar-refractivity contribution in [2.24, 2.45) is 0 Å². The van der Waals surface area contributed by atoms with Crippen LogP contribution in [0.15, 0.2) is 60.7 Å². The summed E-state index contributed by atoms with van der Waals surface area (Å²) in [6.07, 6.45) is 1.98. The first-order valence-electron chi connectivity index (χ1n) is 8.78. The number of hydrogen-bond acceptors (Lipinski definition) is 3. The van der Waals surface area contributed by atoms with E-state index >= 15 is 0 Å². The summed E-state index contributed by atoms with van der Waals surface area (Å²) in [5.41, 5.74) is 1.72. The lowest BCUT2D eigenvalue weighted by atomic mass is 10.0. The lowest BCUT2D eigenvalue weighted by Crippen LogP contribution is -2.50. The maximum Gasteiger partial charge on any atom is 0.295 e. The van der Waals surface area contributed by atoms with Gasteiger partial charge in [0.05, 0.1) is 0 Å². The van der Waals surface area contributed by atoms with E-state index < -0.39 is 5.78 Å². The Balaban J connectivity index is 1.62. The zero-order chi connectivity index (χ0) is 17.6. The summed E-state index contributed by atoms with van der Waals surface area (Å²) in [6, 6.07) is 19.4. The first kappa shape index (κ1) is 17.4. The van der Waals surface area contributed by atoms with Gasteiger partial charge in [-0.3, -0.25) is 14.5 Å². The Morgan fingerprint density at radius 3 is 2.36 bits per heavy atom. The van der Waals surface area contributed by atoms with E-state index in [1.807, 2.05) is 24.3 Å². The standard InChI is InChI=1S/C21H24N2O2/c1-22(15-17-9-4-2-5-10-17)19-13-8-14-23(16-19)21(25)20(24)18-11-6-3-7-12-18/h2-7,9-12,19H,8,13-16H2,1H3. The molecular weight excluding hydrogens is 312 g/mol. The van der Waals surface area contributed by atoms with E-state index in [0.717, 1.165) is 19.4 Å². The van der Waals surface area contributed by atoms with Gasteiger partial charge in [0.15, 0.2) is 0 Å². The number of rotatable bonds is 5. The molecule has 2 aromatic carbocycles. The van der Waals surface area contributed by atoms with Gasteiger partial charge in [0.1, 0.15) is 0 Å². The molecule has 1 unspecified atom stereocenters. The van der Waals surface area contributed by atoms with E-state index in [0.29, 0.717) is 18.7 Å². The first-order chi connectivity index (χ1) is 12.1. The number of likely N-dealkylation sites (N-methyl/N-ethyl adjacent to an activating group) is 1. The van der Waals surface area contributed by atoms with Gasteiger partial charge in [-0.1, -0.05) is 60.7 Å². The molecule has 1 amide bonds. The summed E-state index contributed by atoms with van der Waals surface area (Å²) in [5, 5.41) is 0. The Morgan fingerprint density at radius 2 is 1.68 bits per heavy atom. The zero-order valence-electron chi connectivity index (χ0n) is 14.6. The minimum Gasteiger partial charge on any atom is -0.334 e. The first-order valence-corrected chi connectivity index (χ1v) is 8.78. The van der Waals surface area contributed by atoms with Crippen LogP contribution in [0.3, 0.4) is 0 Å². The zero-order valence-corrected chi connectivity index (χ0v) is 14.6. The number of carbonyl (C=O) groups is 2. The topological polar surface area (TPSA) is 40.6 Å². The Kier molecular flexibility index (Phi) is 5.61. The maximum atomic E-state index is 12.6. The SMILES string of the molecule is CN(Cc1ccccc1)C1CCCN(C(=O)C(=O)c2ccccc2)C1. The summed E-state index contributed by atoms with van der Waals surface area (Å²) >= 11 is 0. The van der Waals surface area contributed by atoms with E-state index in [1.54, 1.807) is 29.2 Å². The smallest absolute Gasteiger partial charge is 0.295 e. The van der Waals surface area contributed by atoms with Gasteiger partial charge in [-0.05, 0) is 25.5 Å². The van der Waals surface area contributed by atoms with Gasteiger partial charge in [-0.2, -0.15) is 0 Å². The third-order valence-electron chi connectivity index (χ3n) is 4.81. The van der Waals surface area contributed by atoms with Gasteiger partial charge in [0.2, 0.25) is 5.78 Å². The van der Waals surface area contributed by atoms with Gasteiger partial charge in [0.25, 0.3) is 5.91 Å². The highest BCUT2D eigenvalue weighted by Crippen LogP contribution is 2.18. The van der Waals surface area contributed by atoms with Gasteiger partial charge >= 0.3 is 0 Å². The lowest BCUT2D eigenvalue weighted by molar-refractivity contribution is -0.128. The molecule has 2 aromatic rings. The molecule has 0 spiro atoms. The number of piperidine rings is 1. The quantitative estimate of drug-likeness (QED) is 0.622. The van der Waals surface area contributed by atoms with Crippen LogP contribution in [0.4, 0.5) is 0 Å². The number of carbonyl (C=O) groups excluding carboxylic acids is 2. The molecule has 0 aliphatic carbocycles. The number of nitrogens with zero attached hydrogens (tertiary/aromatic N) is 2. The van der Waals surface area contributed by atoms with Gasteiger partial charge < -0.3 is 4.90 Å². The third-order valence-corrected chi connectivity index (χ3v) is 4.81. The molecule has 0 radical (unpaired) electrons. The molecular formula is C21H24N2O2. The van der Waals surface area contributed by atoms with Crippen LogP contribution in [-0.2, 0) is 11.3 Å². The summed E-state index contributed by atoms with van der Waals surface area (Å²) in [7, 11) is 2.09. The summed E-state index contributed by atoms with van der Waals surface area (Å²) in [6.45, 7) is 2.12. The molecule has 4 heteroatoms. The van der Waals surface area contributed by atoms with E-state index in [-0.39, 0.29) is 11.9 Å². The molecule has 0 bridgehead atoms. The predicted molar refractivity (Wildman–Crippen MR) is 98.3 cm³/mol. The average Bonchev–Trinajstić information content (AvgIpc) is 2.68. The molecule has 1 atom stereocenters. The number of benzene rings is 2. The lowest BCUT2D eigenvalue weighted by Gasteiger charge is -2.37. The molecule has 0 aromatic heterocycles. The maximum absolute atomic E-state index is 12.6. The van der Waals surface area contributed by atoms with Crippen LogP contribution < -0.4 is 0 Å². The van der Waals surface area contributed by atoms with Crippen LogP contribution in [0.25, 0.3) is 0 Å². The predicted octanol–water partition coefficient (Wildman–Crippen LogP) is 2.99. The molecule has 1 aliphatic rings. The molecule has 0 N–H and O–H groups in total. The second kappa shape index (κ2) is 8.08. The molecule has 0 saturated carbocycles. The summed E-state index contributed by atoms with van der Waals surface area (Å²) in [5.74, 6) is -0.795. The molecule has 1 heterocycles. The van der Waals surface area contributed by atoms with Crippen LogP contribution in [0.5, 0.6) is 0 Å². The number of hydrogen-bond donors (Lipinski definition) is 0. The highest BCUT2D eigenvalue weighted by atomic mass is 16.2. The average molecular weight is 336 g/mol. The van der Waals surface area contributed by atoms with Crippen LogP contribution in [0, 0.1) is 0 Å². The molecule has 25 heavy (non-hydrogen) atoms. The molecule has 3 rings (SSSR count). The third kappa shape index (κ3) is 4.34. The van der Waals surface area contributed by atoms with Crippen molar-refractivity contribution in [3.05, 3.63) is 71.8 Å². The van der Waals surface area contributed by atoms with Crippen molar-refractivity contribution in [1.82, 2.24) is 9.80 Å². The van der Waals surface area contributed by atoms with Crippen molar-refractivity contribution in [2.75, 3.05) is 20.1 Å². The molecule has 1 aliphatic heterocycles. The van der Waals surface area contributed by atoms with Crippen LogP contribution in [0.2, 0.25) is 0 Å². The van der Waals surface area contributed by atoms with Crippen molar-refractivity contribution in [1.29, 1.82) is 0 Å². The monoisotopic (exact) mass is 336 g/mol. The minimum atomic E-state index is -0.410. The second-order valence-electron chi connectivity index (χ2n) is 6.64. The fourth-order valence-corrected chi connectivity index (χ4v) is 3.36. The number of likely N-dealkylation sites (tertiary alicyclic amines) is 1. The fourth-order valence-electron chi connectivity index (χ4n) is 3.36. The number of amides is 1. The van der Waals surface area contributed by atoms with Crippen molar-refractivity contribution in [2.45, 2.75) is 25.4 Å².